The molecule has 2 aromatic carbocycles. The molecular formula is C29H32ClF3N2O3S. The molecule has 0 radical (unpaired) electrons. The van der Waals surface area contributed by atoms with Gasteiger partial charge in [0, 0.05) is 16.5 Å². The van der Waals surface area contributed by atoms with Crippen LogP contribution in [0.4, 0.5) is 13.2 Å². The normalized spacial score (nSPS) is 15.9. The highest BCUT2D eigenvalue weighted by Crippen LogP contribution is 2.38. The number of rotatable bonds is 11. The molecule has 10 heteroatoms. The molecule has 0 aliphatic carbocycles. The van der Waals surface area contributed by atoms with E-state index >= 15 is 0 Å². The number of fused-ring (bicyclic) bond motifs is 1. The van der Waals surface area contributed by atoms with Crippen molar-refractivity contribution < 1.29 is 27.8 Å². The summed E-state index contributed by atoms with van der Waals surface area (Å²) in [6, 6.07) is 10.9. The average molecular weight is 581 g/mol. The first kappa shape index (κ1) is 29.5. The fourth-order valence-electron chi connectivity index (χ4n) is 5.18. The molecule has 0 saturated carbocycles. The van der Waals surface area contributed by atoms with Gasteiger partial charge in [0.2, 0.25) is 0 Å². The van der Waals surface area contributed by atoms with Gasteiger partial charge in [-0.15, -0.1) is 11.8 Å². The number of piperidine rings is 1. The minimum absolute atomic E-state index is 0.573. The van der Waals surface area contributed by atoms with Crippen molar-refractivity contribution in [2.45, 2.75) is 49.6 Å². The average Bonchev–Trinajstić information content (AvgIpc) is 2.92. The summed E-state index contributed by atoms with van der Waals surface area (Å²) >= 11 is 8.02. The second-order valence-electron chi connectivity index (χ2n) is 9.97. The molecule has 1 aliphatic rings. The number of aliphatic carboxylic acids is 1. The Morgan fingerprint density at radius 1 is 1.15 bits per heavy atom. The second kappa shape index (κ2) is 12.8. The van der Waals surface area contributed by atoms with Gasteiger partial charge >= 0.3 is 12.1 Å². The number of hydrogen-bond acceptors (Lipinski definition) is 5. The van der Waals surface area contributed by atoms with E-state index in [0.717, 1.165) is 58.0 Å². The van der Waals surface area contributed by atoms with Gasteiger partial charge in [0.25, 0.3) is 0 Å². The van der Waals surface area contributed by atoms with Gasteiger partial charge in [-0.05, 0) is 112 Å². The van der Waals surface area contributed by atoms with Crippen LogP contribution in [0.5, 0.6) is 5.75 Å². The van der Waals surface area contributed by atoms with E-state index in [0.29, 0.717) is 50.2 Å². The third kappa shape index (κ3) is 7.38. The Kier molecular flexibility index (Phi) is 9.67. The van der Waals surface area contributed by atoms with Crippen molar-refractivity contribution in [1.82, 2.24) is 9.88 Å². The lowest BCUT2D eigenvalue weighted by Gasteiger charge is -2.39. The predicted molar refractivity (Wildman–Crippen MR) is 149 cm³/mol. The number of pyridine rings is 1. The van der Waals surface area contributed by atoms with Crippen molar-refractivity contribution in [1.29, 1.82) is 0 Å². The minimum atomic E-state index is -4.32. The van der Waals surface area contributed by atoms with Crippen molar-refractivity contribution in [3.63, 3.8) is 0 Å². The van der Waals surface area contributed by atoms with Gasteiger partial charge in [0.05, 0.1) is 28.6 Å². The summed E-state index contributed by atoms with van der Waals surface area (Å²) in [6.45, 7) is 2.27. The number of benzene rings is 2. The van der Waals surface area contributed by atoms with Crippen LogP contribution >= 0.6 is 23.4 Å². The maximum atomic E-state index is 12.7. The smallest absolute Gasteiger partial charge is 0.416 e. The summed E-state index contributed by atoms with van der Waals surface area (Å²) in [4.78, 5) is 19.8. The van der Waals surface area contributed by atoms with Crippen molar-refractivity contribution in [2.75, 3.05) is 32.5 Å². The van der Waals surface area contributed by atoms with E-state index in [4.69, 9.17) is 16.3 Å². The number of carboxylic acids is 1. The van der Waals surface area contributed by atoms with Gasteiger partial charge in [-0.2, -0.15) is 13.2 Å². The van der Waals surface area contributed by atoms with E-state index < -0.39 is 23.1 Å². The Hall–Kier alpha value is -2.49. The third-order valence-electron chi connectivity index (χ3n) is 7.55. The van der Waals surface area contributed by atoms with Gasteiger partial charge < -0.3 is 14.7 Å². The van der Waals surface area contributed by atoms with E-state index in [2.05, 4.69) is 9.88 Å². The largest absolute Gasteiger partial charge is 0.497 e. The van der Waals surface area contributed by atoms with Crippen LogP contribution < -0.4 is 4.74 Å². The number of aromatic nitrogens is 1. The number of hydrogen-bond donors (Lipinski definition) is 1. The number of nitrogens with zero attached hydrogens (tertiary/aromatic N) is 2. The van der Waals surface area contributed by atoms with Crippen LogP contribution in [0.15, 0.2) is 53.6 Å². The van der Waals surface area contributed by atoms with Gasteiger partial charge in [-0.3, -0.25) is 9.78 Å². The number of halogens is 4. The topological polar surface area (TPSA) is 62.7 Å². The first-order valence-corrected chi connectivity index (χ1v) is 14.3. The van der Waals surface area contributed by atoms with Crippen molar-refractivity contribution in [3.05, 3.63) is 64.8 Å². The van der Waals surface area contributed by atoms with Crippen molar-refractivity contribution in [2.24, 2.45) is 5.41 Å². The number of alkyl halides is 3. The molecule has 4 rings (SSSR count). The lowest BCUT2D eigenvalue weighted by atomic mass is 9.74. The maximum Gasteiger partial charge on any atom is 0.416 e. The number of ether oxygens (including phenoxy) is 1. The molecule has 0 spiro atoms. The predicted octanol–water partition coefficient (Wildman–Crippen LogP) is 7.59. The zero-order chi connectivity index (χ0) is 28.0. The number of carbonyl (C=O) groups is 1. The van der Waals surface area contributed by atoms with E-state index in [9.17, 15) is 23.1 Å². The van der Waals surface area contributed by atoms with E-state index in [1.807, 2.05) is 18.2 Å². The summed E-state index contributed by atoms with van der Waals surface area (Å²) in [5, 5.41) is 11.6. The highest BCUT2D eigenvalue weighted by Gasteiger charge is 2.40. The molecule has 39 heavy (non-hydrogen) atoms. The summed E-state index contributed by atoms with van der Waals surface area (Å²) in [5.74, 6) is 0.768. The SMILES string of the molecule is COc1ccc2ncc(Cl)c(CCCC3(C(=O)O)CCN(CCCSc4ccc(C(F)(F)F)cc4)CC3)c2c1. The molecule has 0 amide bonds. The van der Waals surface area contributed by atoms with Crippen LogP contribution in [0.25, 0.3) is 10.9 Å². The fourth-order valence-corrected chi connectivity index (χ4v) is 6.26. The summed E-state index contributed by atoms with van der Waals surface area (Å²) in [7, 11) is 1.61. The van der Waals surface area contributed by atoms with Crippen LogP contribution in [0, 0.1) is 5.41 Å². The molecule has 5 nitrogen and oxygen atoms in total. The molecular weight excluding hydrogens is 549 g/mol. The summed E-state index contributed by atoms with van der Waals surface area (Å²) < 4.78 is 43.5. The number of likely N-dealkylation sites (tertiary alicyclic amines) is 1. The molecule has 3 aromatic rings. The first-order valence-electron chi connectivity index (χ1n) is 13.0. The molecule has 210 valence electrons. The van der Waals surface area contributed by atoms with Crippen LogP contribution in [0.1, 0.15) is 43.2 Å². The Morgan fingerprint density at radius 3 is 2.51 bits per heavy atom. The zero-order valence-electron chi connectivity index (χ0n) is 21.8. The summed E-state index contributed by atoms with van der Waals surface area (Å²) in [5.41, 5.74) is 0.398. The maximum absolute atomic E-state index is 12.7. The molecule has 1 fully saturated rings. The quantitative estimate of drug-likeness (QED) is 0.186. The molecule has 0 atom stereocenters. The van der Waals surface area contributed by atoms with Gasteiger partial charge in [-0.25, -0.2) is 0 Å². The third-order valence-corrected chi connectivity index (χ3v) is 8.98. The molecule has 2 heterocycles. The Morgan fingerprint density at radius 2 is 1.87 bits per heavy atom. The molecule has 1 saturated heterocycles. The lowest BCUT2D eigenvalue weighted by Crippen LogP contribution is -2.44. The van der Waals surface area contributed by atoms with Crippen LogP contribution in [-0.2, 0) is 17.4 Å². The molecule has 0 bridgehead atoms. The van der Waals surface area contributed by atoms with Crippen LogP contribution in [-0.4, -0.2) is 53.5 Å². The standard InChI is InChI=1S/C29H32ClF3N2O3S/c1-38-21-7-10-26-24(18-21)23(25(30)19-34-26)4-2-11-28(27(36)37)12-15-35(16-13-28)14-3-17-39-22-8-5-20(6-9-22)29(31,32)33/h5-10,18-19H,2-4,11-17H2,1H3,(H,36,37). The minimum Gasteiger partial charge on any atom is -0.497 e. The molecule has 1 aliphatic heterocycles. The monoisotopic (exact) mass is 580 g/mol. The number of methoxy groups -OCH3 is 1. The highest BCUT2D eigenvalue weighted by atomic mass is 35.5. The van der Waals surface area contributed by atoms with Crippen molar-refractivity contribution in [3.8, 4) is 5.75 Å². The van der Waals surface area contributed by atoms with Gasteiger partial charge in [0.15, 0.2) is 0 Å². The first-order chi connectivity index (χ1) is 18.6. The second-order valence-corrected chi connectivity index (χ2v) is 11.5. The molecule has 1 aromatic heterocycles. The van der Waals surface area contributed by atoms with E-state index in [1.54, 1.807) is 13.3 Å². The van der Waals surface area contributed by atoms with E-state index in [1.165, 1.54) is 23.9 Å². The number of thioether (sulfide) groups is 1. The van der Waals surface area contributed by atoms with Crippen LogP contribution in [0.3, 0.4) is 0 Å². The Balaban J connectivity index is 1.26. The van der Waals surface area contributed by atoms with E-state index in [-0.39, 0.29) is 0 Å². The Labute approximate surface area is 235 Å². The summed E-state index contributed by atoms with van der Waals surface area (Å²) in [6.07, 6.45) is 1.31. The van der Waals surface area contributed by atoms with Crippen LogP contribution in [0.2, 0.25) is 5.02 Å². The lowest BCUT2D eigenvalue weighted by molar-refractivity contribution is -0.152. The number of aryl methyl sites for hydroxylation is 1. The zero-order valence-corrected chi connectivity index (χ0v) is 23.3. The number of carboxylic acid groups (broad SMARTS) is 1. The highest BCUT2D eigenvalue weighted by molar-refractivity contribution is 7.99. The molecule has 1 N–H and O–H groups in total. The van der Waals surface area contributed by atoms with Gasteiger partial charge in [-0.1, -0.05) is 11.6 Å². The van der Waals surface area contributed by atoms with Crippen molar-refractivity contribution >= 4 is 40.2 Å². The fraction of sp³-hybridized carbons (Fsp3) is 0.448. The Bertz CT molecular complexity index is 1280. The molecule has 0 unspecified atom stereocenters. The van der Waals surface area contributed by atoms with Gasteiger partial charge in [0.1, 0.15) is 5.75 Å².